The molecule has 0 spiro atoms. The van der Waals surface area contributed by atoms with Gasteiger partial charge in [-0.2, -0.15) is 0 Å². The third-order valence-electron chi connectivity index (χ3n) is 2.32. The molecule has 1 aromatic heterocycles. The molecule has 96 valence electrons. The number of carbonyl (C=O) groups is 1. The Labute approximate surface area is 122 Å². The number of halogens is 2. The maximum Gasteiger partial charge on any atom is 0.253 e. The highest BCUT2D eigenvalue weighted by atomic mass is 79.9. The number of thiophene rings is 1. The Morgan fingerprint density at radius 2 is 2.24 bits per heavy atom. The van der Waals surface area contributed by atoms with Gasteiger partial charge in [0.2, 0.25) is 0 Å². The number of carbonyl (C=O) groups excluding carboxylic acids is 1. The van der Waals surface area contributed by atoms with Crippen LogP contribution in [0, 0.1) is 0 Å². The van der Waals surface area contributed by atoms with Crippen LogP contribution in [0.3, 0.4) is 0 Å². The summed E-state index contributed by atoms with van der Waals surface area (Å²) in [7, 11) is 0. The molecule has 17 heavy (non-hydrogen) atoms. The van der Waals surface area contributed by atoms with Crippen molar-refractivity contribution >= 4 is 49.1 Å². The van der Waals surface area contributed by atoms with Crippen LogP contribution in [0.2, 0.25) is 0 Å². The van der Waals surface area contributed by atoms with E-state index in [0.29, 0.717) is 12.0 Å². The minimum Gasteiger partial charge on any atom is -0.388 e. The predicted octanol–water partition coefficient (Wildman–Crippen LogP) is 3.55. The van der Waals surface area contributed by atoms with E-state index in [9.17, 15) is 9.90 Å². The predicted molar refractivity (Wildman–Crippen MR) is 77.6 cm³/mol. The van der Waals surface area contributed by atoms with Crippen molar-refractivity contribution in [3.05, 3.63) is 19.2 Å². The molecule has 1 amide bonds. The molecular formula is C11H15Br2NO2S. The lowest BCUT2D eigenvalue weighted by Gasteiger charge is -2.22. The molecule has 0 fully saturated rings. The molecule has 0 saturated heterocycles. The summed E-state index contributed by atoms with van der Waals surface area (Å²) in [6.45, 7) is 4.00. The molecule has 1 heterocycles. The molecule has 1 rings (SSSR count). The highest BCUT2D eigenvalue weighted by molar-refractivity contribution is 9.12. The second-order valence-corrected chi connectivity index (χ2v) is 7.92. The molecule has 0 aromatic carbocycles. The van der Waals surface area contributed by atoms with Gasteiger partial charge < -0.3 is 10.4 Å². The van der Waals surface area contributed by atoms with E-state index in [2.05, 4.69) is 37.2 Å². The van der Waals surface area contributed by atoms with Gasteiger partial charge in [-0.1, -0.05) is 13.3 Å². The summed E-state index contributed by atoms with van der Waals surface area (Å²) in [5.41, 5.74) is -0.251. The number of nitrogens with one attached hydrogen (secondary N) is 1. The lowest BCUT2D eigenvalue weighted by atomic mass is 10.0. The van der Waals surface area contributed by atoms with Crippen LogP contribution in [0.4, 0.5) is 0 Å². The van der Waals surface area contributed by atoms with E-state index in [-0.39, 0.29) is 12.5 Å². The van der Waals surface area contributed by atoms with Crippen LogP contribution in [0.1, 0.15) is 37.0 Å². The van der Waals surface area contributed by atoms with Gasteiger partial charge >= 0.3 is 0 Å². The van der Waals surface area contributed by atoms with Crippen LogP contribution >= 0.6 is 43.2 Å². The molecule has 0 bridgehead atoms. The Balaban J connectivity index is 2.59. The minimum absolute atomic E-state index is 0.171. The van der Waals surface area contributed by atoms with E-state index >= 15 is 0 Å². The molecule has 1 atom stereocenters. The largest absolute Gasteiger partial charge is 0.388 e. The fraction of sp³-hybridized carbons (Fsp3) is 0.545. The topological polar surface area (TPSA) is 49.3 Å². The van der Waals surface area contributed by atoms with Crippen LogP contribution < -0.4 is 5.32 Å². The Hall–Kier alpha value is 0.0900. The second-order valence-electron chi connectivity index (χ2n) is 4.17. The average molecular weight is 385 g/mol. The van der Waals surface area contributed by atoms with Gasteiger partial charge in [-0.05, 0) is 51.3 Å². The monoisotopic (exact) mass is 383 g/mol. The van der Waals surface area contributed by atoms with Crippen molar-refractivity contribution in [2.75, 3.05) is 6.54 Å². The summed E-state index contributed by atoms with van der Waals surface area (Å²) in [5, 5.41) is 12.7. The third-order valence-corrected chi connectivity index (χ3v) is 4.66. The molecule has 2 N–H and O–H groups in total. The molecule has 1 aromatic rings. The van der Waals surface area contributed by atoms with Crippen LogP contribution in [0.5, 0.6) is 0 Å². The smallest absolute Gasteiger partial charge is 0.253 e. The van der Waals surface area contributed by atoms with Gasteiger partial charge in [0.1, 0.15) is 0 Å². The number of hydrogen-bond acceptors (Lipinski definition) is 3. The summed E-state index contributed by atoms with van der Waals surface area (Å²) < 4.78 is 1.69. The second kappa shape index (κ2) is 6.31. The molecule has 0 radical (unpaired) electrons. The molecule has 0 aliphatic carbocycles. The molecular weight excluding hydrogens is 370 g/mol. The lowest BCUT2D eigenvalue weighted by Crippen LogP contribution is -2.40. The minimum atomic E-state index is -0.843. The van der Waals surface area contributed by atoms with Gasteiger partial charge in [-0.25, -0.2) is 0 Å². The number of amides is 1. The lowest BCUT2D eigenvalue weighted by molar-refractivity contribution is 0.0469. The zero-order valence-electron chi connectivity index (χ0n) is 9.72. The summed E-state index contributed by atoms with van der Waals surface area (Å²) in [4.78, 5) is 11.9. The zero-order valence-corrected chi connectivity index (χ0v) is 13.7. The van der Waals surface area contributed by atoms with Gasteiger partial charge in [-0.15, -0.1) is 11.3 Å². The molecule has 0 saturated carbocycles. The molecule has 0 aliphatic heterocycles. The Kier molecular flexibility index (Phi) is 5.63. The number of rotatable bonds is 5. The van der Waals surface area contributed by atoms with E-state index < -0.39 is 5.60 Å². The quantitative estimate of drug-likeness (QED) is 0.815. The van der Waals surface area contributed by atoms with Gasteiger partial charge in [0, 0.05) is 6.54 Å². The van der Waals surface area contributed by atoms with Crippen LogP contribution in [0.15, 0.2) is 13.6 Å². The van der Waals surface area contributed by atoms with Crippen molar-refractivity contribution < 1.29 is 9.90 Å². The number of hydrogen-bond donors (Lipinski definition) is 2. The van der Waals surface area contributed by atoms with Crippen molar-refractivity contribution in [2.45, 2.75) is 32.3 Å². The summed E-state index contributed by atoms with van der Waals surface area (Å²) in [5.74, 6) is -0.171. The SMILES string of the molecule is CCCC(C)(O)CNC(=O)c1cc(Br)sc1Br. The van der Waals surface area contributed by atoms with Crippen molar-refractivity contribution in [3.63, 3.8) is 0 Å². The van der Waals surface area contributed by atoms with Crippen LogP contribution in [-0.2, 0) is 0 Å². The van der Waals surface area contributed by atoms with Crippen molar-refractivity contribution in [1.29, 1.82) is 0 Å². The van der Waals surface area contributed by atoms with E-state index in [4.69, 9.17) is 0 Å². The van der Waals surface area contributed by atoms with Gasteiger partial charge in [0.15, 0.2) is 0 Å². The van der Waals surface area contributed by atoms with Gasteiger partial charge in [-0.3, -0.25) is 4.79 Å². The standard InChI is InChI=1S/C11H15Br2NO2S/c1-3-4-11(2,16)6-14-10(15)7-5-8(12)17-9(7)13/h5,16H,3-4,6H2,1-2H3,(H,14,15). The maximum absolute atomic E-state index is 11.9. The van der Waals surface area contributed by atoms with Crippen molar-refractivity contribution in [3.8, 4) is 0 Å². The van der Waals surface area contributed by atoms with E-state index in [1.54, 1.807) is 13.0 Å². The maximum atomic E-state index is 11.9. The molecule has 6 heteroatoms. The Morgan fingerprint density at radius 1 is 1.59 bits per heavy atom. The highest BCUT2D eigenvalue weighted by Gasteiger charge is 2.21. The summed E-state index contributed by atoms with van der Waals surface area (Å²) >= 11 is 8.11. The summed E-state index contributed by atoms with van der Waals surface area (Å²) in [6, 6.07) is 1.76. The first-order valence-electron chi connectivity index (χ1n) is 5.31. The average Bonchev–Trinajstić information content (AvgIpc) is 2.54. The highest BCUT2D eigenvalue weighted by Crippen LogP contribution is 2.31. The Bertz CT molecular complexity index is 404. The van der Waals surface area contributed by atoms with Gasteiger partial charge in [0.05, 0.1) is 18.7 Å². The normalized spacial score (nSPS) is 14.4. The van der Waals surface area contributed by atoms with Crippen molar-refractivity contribution in [2.24, 2.45) is 0 Å². The third kappa shape index (κ3) is 4.69. The van der Waals surface area contributed by atoms with E-state index in [0.717, 1.165) is 14.0 Å². The van der Waals surface area contributed by atoms with Gasteiger partial charge in [0.25, 0.3) is 5.91 Å². The first kappa shape index (κ1) is 15.1. The molecule has 3 nitrogen and oxygen atoms in total. The van der Waals surface area contributed by atoms with Crippen molar-refractivity contribution in [1.82, 2.24) is 5.32 Å². The van der Waals surface area contributed by atoms with E-state index in [1.165, 1.54) is 11.3 Å². The fourth-order valence-corrected chi connectivity index (χ4v) is 4.28. The van der Waals surface area contributed by atoms with Crippen LogP contribution in [0.25, 0.3) is 0 Å². The van der Waals surface area contributed by atoms with E-state index in [1.807, 2.05) is 6.92 Å². The first-order chi connectivity index (χ1) is 7.85. The van der Waals surface area contributed by atoms with Crippen LogP contribution in [-0.4, -0.2) is 23.2 Å². The molecule has 1 unspecified atom stereocenters. The molecule has 0 aliphatic rings. The Morgan fingerprint density at radius 3 is 2.71 bits per heavy atom. The summed E-state index contributed by atoms with van der Waals surface area (Å²) in [6.07, 6.45) is 1.55. The number of aliphatic hydroxyl groups is 1. The zero-order chi connectivity index (χ0) is 13.1. The fourth-order valence-electron chi connectivity index (χ4n) is 1.49. The first-order valence-corrected chi connectivity index (χ1v) is 7.71.